The van der Waals surface area contributed by atoms with Gasteiger partial charge < -0.3 is 5.11 Å². The second kappa shape index (κ2) is 6.31. The first kappa shape index (κ1) is 19.1. The maximum atomic E-state index is 11.2. The van der Waals surface area contributed by atoms with Crippen molar-refractivity contribution in [3.05, 3.63) is 64.2 Å². The lowest BCUT2D eigenvalue weighted by Crippen LogP contribution is -2.34. The van der Waals surface area contributed by atoms with Crippen molar-refractivity contribution in [2.45, 2.75) is 64.2 Å². The maximum absolute atomic E-state index is 11.2. The maximum Gasteiger partial charge on any atom is 0.335 e. The molecule has 0 radical (unpaired) electrons. The number of H-pyrrole nitrogens is 1. The minimum absolute atomic E-state index is 0.174. The third-order valence-electron chi connectivity index (χ3n) is 7.26. The van der Waals surface area contributed by atoms with E-state index < -0.39 is 5.97 Å². The van der Waals surface area contributed by atoms with Gasteiger partial charge in [0.1, 0.15) is 0 Å². The largest absolute Gasteiger partial charge is 0.478 e. The van der Waals surface area contributed by atoms with E-state index in [0.29, 0.717) is 5.56 Å². The minimum Gasteiger partial charge on any atom is -0.478 e. The van der Waals surface area contributed by atoms with Gasteiger partial charge in [0, 0.05) is 16.7 Å². The molecule has 0 aliphatic heterocycles. The lowest BCUT2D eigenvalue weighted by Gasteiger charge is -2.42. The van der Waals surface area contributed by atoms with Crippen LogP contribution in [0.25, 0.3) is 22.5 Å². The first-order valence-corrected chi connectivity index (χ1v) is 10.8. The molecule has 3 aromatic rings. The topological polar surface area (TPSA) is 66.0 Å². The average Bonchev–Trinajstić information content (AvgIpc) is 3.15. The van der Waals surface area contributed by atoms with E-state index in [0.717, 1.165) is 29.8 Å². The summed E-state index contributed by atoms with van der Waals surface area (Å²) in [6.07, 6.45) is 4.36. The molecule has 0 bridgehead atoms. The van der Waals surface area contributed by atoms with Crippen LogP contribution >= 0.6 is 0 Å². The van der Waals surface area contributed by atoms with Gasteiger partial charge in [-0.1, -0.05) is 45.9 Å². The Morgan fingerprint density at radius 1 is 0.967 bits per heavy atom. The van der Waals surface area contributed by atoms with E-state index in [-0.39, 0.29) is 10.8 Å². The molecule has 1 heterocycles. The Morgan fingerprint density at radius 3 is 2.23 bits per heavy atom. The van der Waals surface area contributed by atoms with Crippen LogP contribution < -0.4 is 0 Å². The molecule has 0 amide bonds. The normalized spacial score (nSPS) is 18.3. The van der Waals surface area contributed by atoms with E-state index in [1.54, 1.807) is 12.1 Å². The summed E-state index contributed by atoms with van der Waals surface area (Å²) >= 11 is 0. The highest BCUT2D eigenvalue weighted by molar-refractivity contribution is 5.88. The number of rotatable bonds is 2. The summed E-state index contributed by atoms with van der Waals surface area (Å²) in [4.78, 5) is 11.2. The zero-order chi connectivity index (χ0) is 21.3. The van der Waals surface area contributed by atoms with Gasteiger partial charge in [-0.2, -0.15) is 5.10 Å². The predicted octanol–water partition coefficient (Wildman–Crippen LogP) is 5.89. The van der Waals surface area contributed by atoms with Gasteiger partial charge in [0.15, 0.2) is 0 Å². The molecular weight excluding hydrogens is 372 g/mol. The molecule has 2 N–H and O–H groups in total. The average molecular weight is 401 g/mol. The zero-order valence-corrected chi connectivity index (χ0v) is 18.1. The third-order valence-corrected chi connectivity index (χ3v) is 7.26. The number of carboxylic acid groups (broad SMARTS) is 1. The van der Waals surface area contributed by atoms with Crippen molar-refractivity contribution in [2.75, 3.05) is 0 Å². The Balaban J connectivity index is 1.63. The molecule has 0 saturated carbocycles. The monoisotopic (exact) mass is 400 g/mol. The van der Waals surface area contributed by atoms with E-state index in [2.05, 4.69) is 50.0 Å². The van der Waals surface area contributed by atoms with Crippen LogP contribution in [0.4, 0.5) is 0 Å². The number of fused-ring (bicyclic) bond motifs is 4. The predicted molar refractivity (Wildman–Crippen MR) is 119 cm³/mol. The van der Waals surface area contributed by atoms with Crippen molar-refractivity contribution in [1.82, 2.24) is 10.2 Å². The fourth-order valence-corrected chi connectivity index (χ4v) is 5.20. The molecule has 4 heteroatoms. The Kier molecular flexibility index (Phi) is 4.02. The summed E-state index contributed by atoms with van der Waals surface area (Å²) in [6, 6.07) is 11.9. The Hall–Kier alpha value is -2.88. The summed E-state index contributed by atoms with van der Waals surface area (Å²) in [6.45, 7) is 9.47. The molecule has 5 rings (SSSR count). The van der Waals surface area contributed by atoms with E-state index in [9.17, 15) is 4.79 Å². The highest BCUT2D eigenvalue weighted by Gasteiger charge is 2.38. The number of carbonyl (C=O) groups is 1. The molecule has 0 unspecified atom stereocenters. The van der Waals surface area contributed by atoms with E-state index in [1.165, 1.54) is 40.7 Å². The number of hydrogen-bond donors (Lipinski definition) is 2. The first-order chi connectivity index (χ1) is 14.2. The minimum atomic E-state index is -0.908. The van der Waals surface area contributed by atoms with Crippen molar-refractivity contribution in [3.63, 3.8) is 0 Å². The summed E-state index contributed by atoms with van der Waals surface area (Å²) in [5.74, 6) is -0.908. The first-order valence-electron chi connectivity index (χ1n) is 10.8. The van der Waals surface area contributed by atoms with Crippen molar-refractivity contribution in [1.29, 1.82) is 0 Å². The van der Waals surface area contributed by atoms with Crippen LogP contribution in [0.2, 0.25) is 0 Å². The lowest BCUT2D eigenvalue weighted by molar-refractivity contribution is 0.0697. The summed E-state index contributed by atoms with van der Waals surface area (Å²) in [5, 5.41) is 17.1. The van der Waals surface area contributed by atoms with Gasteiger partial charge in [0.05, 0.1) is 17.0 Å². The molecule has 0 saturated heterocycles. The van der Waals surface area contributed by atoms with Gasteiger partial charge in [-0.05, 0) is 71.4 Å². The highest BCUT2D eigenvalue weighted by Crippen LogP contribution is 2.49. The molecule has 4 nitrogen and oxygen atoms in total. The molecule has 0 spiro atoms. The quantitative estimate of drug-likeness (QED) is 0.564. The second-order valence-electron chi connectivity index (χ2n) is 10.1. The summed E-state index contributed by atoms with van der Waals surface area (Å²) in [7, 11) is 0. The van der Waals surface area contributed by atoms with Crippen molar-refractivity contribution in [3.8, 4) is 22.5 Å². The smallest absolute Gasteiger partial charge is 0.335 e. The van der Waals surface area contributed by atoms with Crippen molar-refractivity contribution < 1.29 is 9.90 Å². The summed E-state index contributed by atoms with van der Waals surface area (Å²) in [5.41, 5.74) is 10.6. The Morgan fingerprint density at radius 2 is 1.60 bits per heavy atom. The SMILES string of the molecule is CC1(C)CCC(C)(C)c2cc3c(cc21)CCc1c(-c2ccc(C(=O)O)cc2)n[nH]c1-3. The molecule has 0 fully saturated rings. The molecule has 154 valence electrons. The number of aryl methyl sites for hydroxylation is 1. The highest BCUT2D eigenvalue weighted by atomic mass is 16.4. The fraction of sp³-hybridized carbons (Fsp3) is 0.385. The third kappa shape index (κ3) is 2.81. The van der Waals surface area contributed by atoms with E-state index >= 15 is 0 Å². The van der Waals surface area contributed by atoms with Gasteiger partial charge in [-0.25, -0.2) is 4.79 Å². The lowest BCUT2D eigenvalue weighted by atomic mass is 9.62. The van der Waals surface area contributed by atoms with Crippen LogP contribution in [0, 0.1) is 0 Å². The second-order valence-corrected chi connectivity index (χ2v) is 10.1. The fourth-order valence-electron chi connectivity index (χ4n) is 5.20. The number of nitrogens with zero attached hydrogens (tertiary/aromatic N) is 1. The van der Waals surface area contributed by atoms with Crippen molar-refractivity contribution in [2.24, 2.45) is 0 Å². The van der Waals surface area contributed by atoms with E-state index in [1.807, 2.05) is 12.1 Å². The van der Waals surface area contributed by atoms with Gasteiger partial charge in [-0.15, -0.1) is 0 Å². The van der Waals surface area contributed by atoms with Crippen molar-refractivity contribution >= 4 is 5.97 Å². The van der Waals surface area contributed by atoms with Crippen LogP contribution in [0.5, 0.6) is 0 Å². The number of nitrogens with one attached hydrogen (secondary N) is 1. The Labute approximate surface area is 177 Å². The number of carboxylic acids is 1. The molecule has 2 aromatic carbocycles. The zero-order valence-electron chi connectivity index (χ0n) is 18.1. The van der Waals surface area contributed by atoms with Gasteiger partial charge in [-0.3, -0.25) is 5.10 Å². The van der Waals surface area contributed by atoms with E-state index in [4.69, 9.17) is 5.11 Å². The van der Waals surface area contributed by atoms with Gasteiger partial charge in [0.25, 0.3) is 0 Å². The van der Waals surface area contributed by atoms with Crippen LogP contribution in [0.1, 0.15) is 73.1 Å². The summed E-state index contributed by atoms with van der Waals surface area (Å²) < 4.78 is 0. The van der Waals surface area contributed by atoms with Gasteiger partial charge >= 0.3 is 5.97 Å². The standard InChI is InChI=1S/C26H28N2O2/c1-25(2)11-12-26(3,4)21-14-19-17(13-20(21)25)9-10-18-22(27-28-23(18)19)15-5-7-16(8-6-15)24(29)30/h5-8,13-14H,9-12H2,1-4H3,(H,27,28)(H,29,30). The Bertz CT molecular complexity index is 1170. The molecule has 0 atom stereocenters. The van der Waals surface area contributed by atoms with Crippen LogP contribution in [0.3, 0.4) is 0 Å². The number of aromatic carboxylic acids is 1. The van der Waals surface area contributed by atoms with Crippen LogP contribution in [0.15, 0.2) is 36.4 Å². The molecular formula is C26H28N2O2. The molecule has 2 aliphatic rings. The molecule has 2 aliphatic carbocycles. The van der Waals surface area contributed by atoms with Crippen LogP contribution in [-0.2, 0) is 23.7 Å². The van der Waals surface area contributed by atoms with Crippen LogP contribution in [-0.4, -0.2) is 21.3 Å². The number of aromatic amines is 1. The van der Waals surface area contributed by atoms with Gasteiger partial charge in [0.2, 0.25) is 0 Å². The number of aromatic nitrogens is 2. The molecule has 1 aromatic heterocycles. The molecule has 30 heavy (non-hydrogen) atoms. The number of benzene rings is 2. The number of hydrogen-bond acceptors (Lipinski definition) is 2.